The van der Waals surface area contributed by atoms with E-state index in [1.165, 1.54) is 11.1 Å². The molecule has 1 aliphatic heterocycles. The minimum atomic E-state index is 0.641. The van der Waals surface area contributed by atoms with Gasteiger partial charge in [-0.1, -0.05) is 24.3 Å². The second-order valence-corrected chi connectivity index (χ2v) is 7.17. The maximum absolute atomic E-state index is 4.95. The van der Waals surface area contributed by atoms with E-state index >= 15 is 0 Å². The van der Waals surface area contributed by atoms with Crippen molar-refractivity contribution < 1.29 is 0 Å². The topological polar surface area (TPSA) is 74.5 Å². The lowest BCUT2D eigenvalue weighted by atomic mass is 10.1. The Morgan fingerprint density at radius 3 is 2.43 bits per heavy atom. The fourth-order valence-electron chi connectivity index (χ4n) is 3.59. The third-order valence-electron chi connectivity index (χ3n) is 5.16. The molecule has 2 aromatic heterocycles. The second-order valence-electron chi connectivity index (χ2n) is 7.17. The fourth-order valence-corrected chi connectivity index (χ4v) is 3.59. The monoisotopic (exact) mass is 404 g/mol. The minimum Gasteiger partial charge on any atom is -0.357 e. The summed E-state index contributed by atoms with van der Waals surface area (Å²) in [6.45, 7) is 7.88. The number of guanidine groups is 1. The highest BCUT2D eigenvalue weighted by atomic mass is 15.4. The normalized spacial score (nSPS) is 14.8. The second kappa shape index (κ2) is 9.87. The molecular weight excluding hydrogens is 376 g/mol. The van der Waals surface area contributed by atoms with Crippen molar-refractivity contribution in [2.24, 2.45) is 4.99 Å². The average Bonchev–Trinajstić information content (AvgIpc) is 3.31. The molecule has 0 spiro atoms. The molecule has 30 heavy (non-hydrogen) atoms. The number of nitrogens with zero attached hydrogens (tertiary/aromatic N) is 7. The van der Waals surface area contributed by atoms with Crippen molar-refractivity contribution >= 4 is 11.9 Å². The first kappa shape index (κ1) is 19.9. The number of hydrogen-bond donors (Lipinski definition) is 1. The summed E-state index contributed by atoms with van der Waals surface area (Å²) in [5, 5.41) is 7.78. The van der Waals surface area contributed by atoms with Crippen LogP contribution in [0.4, 0.5) is 5.95 Å². The van der Waals surface area contributed by atoms with E-state index in [1.54, 1.807) is 12.4 Å². The number of aliphatic imine (C=N–C) groups is 1. The zero-order valence-corrected chi connectivity index (χ0v) is 17.4. The average molecular weight is 405 g/mol. The Balaban J connectivity index is 1.42. The van der Waals surface area contributed by atoms with Gasteiger partial charge in [0.1, 0.15) is 0 Å². The summed E-state index contributed by atoms with van der Waals surface area (Å²) in [6, 6.07) is 12.2. The molecule has 1 saturated heterocycles. The van der Waals surface area contributed by atoms with Gasteiger partial charge < -0.3 is 15.1 Å². The lowest BCUT2D eigenvalue weighted by molar-refractivity contribution is 0.370. The van der Waals surface area contributed by atoms with Crippen molar-refractivity contribution in [2.45, 2.75) is 20.0 Å². The Morgan fingerprint density at radius 2 is 1.73 bits per heavy atom. The van der Waals surface area contributed by atoms with Gasteiger partial charge in [0, 0.05) is 57.5 Å². The predicted molar refractivity (Wildman–Crippen MR) is 118 cm³/mol. The van der Waals surface area contributed by atoms with Crippen molar-refractivity contribution in [1.82, 2.24) is 30.0 Å². The van der Waals surface area contributed by atoms with Crippen molar-refractivity contribution in [3.63, 3.8) is 0 Å². The number of piperazine rings is 1. The van der Waals surface area contributed by atoms with Crippen molar-refractivity contribution in [3.05, 3.63) is 72.3 Å². The maximum Gasteiger partial charge on any atom is 0.225 e. The van der Waals surface area contributed by atoms with Gasteiger partial charge in [-0.15, -0.1) is 0 Å². The largest absolute Gasteiger partial charge is 0.357 e. The number of nitrogens with one attached hydrogen (secondary N) is 1. The van der Waals surface area contributed by atoms with Crippen LogP contribution in [0.2, 0.25) is 0 Å². The van der Waals surface area contributed by atoms with Crippen LogP contribution in [0, 0.1) is 0 Å². The number of hydrogen-bond acceptors (Lipinski definition) is 5. The SMILES string of the molecule is CCNC(=NCc1ccccc1Cn1cccn1)N1CCN(c2ncccn2)CC1. The fraction of sp³-hybridized carbons (Fsp3) is 0.364. The van der Waals surface area contributed by atoms with E-state index < -0.39 is 0 Å². The van der Waals surface area contributed by atoms with Gasteiger partial charge in [-0.3, -0.25) is 4.68 Å². The third kappa shape index (κ3) is 4.94. The van der Waals surface area contributed by atoms with Gasteiger partial charge in [-0.25, -0.2) is 15.0 Å². The van der Waals surface area contributed by atoms with Crippen LogP contribution in [0.1, 0.15) is 18.1 Å². The van der Waals surface area contributed by atoms with E-state index in [-0.39, 0.29) is 0 Å². The van der Waals surface area contributed by atoms with Crippen LogP contribution >= 0.6 is 0 Å². The maximum atomic E-state index is 4.95. The lowest BCUT2D eigenvalue weighted by Crippen LogP contribution is -2.53. The molecule has 1 aliphatic rings. The smallest absolute Gasteiger partial charge is 0.225 e. The highest BCUT2D eigenvalue weighted by Crippen LogP contribution is 2.13. The molecule has 0 bridgehead atoms. The van der Waals surface area contributed by atoms with Gasteiger partial charge in [0.05, 0.1) is 13.1 Å². The Bertz CT molecular complexity index is 931. The molecule has 0 atom stereocenters. The Kier molecular flexibility index (Phi) is 6.54. The van der Waals surface area contributed by atoms with Crippen LogP contribution in [0.15, 0.2) is 66.2 Å². The zero-order valence-electron chi connectivity index (χ0n) is 17.4. The number of rotatable bonds is 6. The van der Waals surface area contributed by atoms with E-state index in [2.05, 4.69) is 61.4 Å². The van der Waals surface area contributed by atoms with Crippen molar-refractivity contribution in [2.75, 3.05) is 37.6 Å². The molecule has 3 heterocycles. The van der Waals surface area contributed by atoms with Crippen molar-refractivity contribution in [1.29, 1.82) is 0 Å². The summed E-state index contributed by atoms with van der Waals surface area (Å²) in [5.74, 6) is 1.76. The molecule has 1 aromatic carbocycles. The van der Waals surface area contributed by atoms with Crippen LogP contribution in [0.5, 0.6) is 0 Å². The number of anilines is 1. The molecule has 0 aliphatic carbocycles. The third-order valence-corrected chi connectivity index (χ3v) is 5.16. The van der Waals surface area contributed by atoms with Gasteiger partial charge in [-0.2, -0.15) is 5.10 Å². The molecule has 0 unspecified atom stereocenters. The van der Waals surface area contributed by atoms with Crippen LogP contribution in [-0.4, -0.2) is 63.3 Å². The quantitative estimate of drug-likeness (QED) is 0.500. The molecule has 8 nitrogen and oxygen atoms in total. The predicted octanol–water partition coefficient (Wildman–Crippen LogP) is 2.01. The molecule has 1 N–H and O–H groups in total. The van der Waals surface area contributed by atoms with Gasteiger partial charge >= 0.3 is 0 Å². The van der Waals surface area contributed by atoms with E-state index in [0.717, 1.165) is 51.2 Å². The first-order valence-corrected chi connectivity index (χ1v) is 10.4. The van der Waals surface area contributed by atoms with E-state index in [0.29, 0.717) is 6.54 Å². The Morgan fingerprint density at radius 1 is 0.967 bits per heavy atom. The summed E-state index contributed by atoms with van der Waals surface area (Å²) in [5.41, 5.74) is 2.46. The van der Waals surface area contributed by atoms with Crippen LogP contribution < -0.4 is 10.2 Å². The number of aromatic nitrogens is 4. The highest BCUT2D eigenvalue weighted by molar-refractivity contribution is 5.80. The summed E-state index contributed by atoms with van der Waals surface area (Å²) >= 11 is 0. The molecule has 0 saturated carbocycles. The van der Waals surface area contributed by atoms with E-state index in [4.69, 9.17) is 4.99 Å². The number of benzene rings is 1. The first-order chi connectivity index (χ1) is 14.8. The van der Waals surface area contributed by atoms with Crippen molar-refractivity contribution in [3.8, 4) is 0 Å². The van der Waals surface area contributed by atoms with Gasteiger partial charge in [0.2, 0.25) is 5.95 Å². The molecular formula is C22H28N8. The van der Waals surface area contributed by atoms with Gasteiger partial charge in [0.15, 0.2) is 5.96 Å². The zero-order chi connectivity index (χ0) is 20.6. The van der Waals surface area contributed by atoms with Crippen LogP contribution in [0.3, 0.4) is 0 Å². The molecule has 156 valence electrons. The van der Waals surface area contributed by atoms with Crippen LogP contribution in [0.25, 0.3) is 0 Å². The van der Waals surface area contributed by atoms with E-state index in [1.807, 2.05) is 29.2 Å². The minimum absolute atomic E-state index is 0.641. The molecule has 0 amide bonds. The highest BCUT2D eigenvalue weighted by Gasteiger charge is 2.21. The molecule has 8 heteroatoms. The van der Waals surface area contributed by atoms with Gasteiger partial charge in [-0.05, 0) is 30.2 Å². The van der Waals surface area contributed by atoms with E-state index in [9.17, 15) is 0 Å². The first-order valence-electron chi connectivity index (χ1n) is 10.4. The summed E-state index contributed by atoms with van der Waals surface area (Å²) < 4.78 is 1.94. The molecule has 4 rings (SSSR count). The standard InChI is InChI=1S/C22H28N8/c1-2-23-21(28-13-15-29(16-14-28)22-24-9-5-10-25-22)26-17-19-7-3-4-8-20(19)18-30-12-6-11-27-30/h3-12H,2,13-18H2,1H3,(H,23,26). The summed E-state index contributed by atoms with van der Waals surface area (Å²) in [4.78, 5) is 18.2. The van der Waals surface area contributed by atoms with Gasteiger partial charge in [0.25, 0.3) is 0 Å². The van der Waals surface area contributed by atoms with Crippen LogP contribution in [-0.2, 0) is 13.1 Å². The summed E-state index contributed by atoms with van der Waals surface area (Å²) in [7, 11) is 0. The molecule has 1 fully saturated rings. The molecule has 3 aromatic rings. The molecule has 0 radical (unpaired) electrons. The lowest BCUT2D eigenvalue weighted by Gasteiger charge is -2.36. The Labute approximate surface area is 177 Å². The Hall–Kier alpha value is -3.42. The summed E-state index contributed by atoms with van der Waals surface area (Å²) in [6.07, 6.45) is 7.38.